The van der Waals surface area contributed by atoms with Crippen molar-refractivity contribution in [3.8, 4) is 0 Å². The van der Waals surface area contributed by atoms with Gasteiger partial charge in [0.1, 0.15) is 11.4 Å². The Bertz CT molecular complexity index is 700. The van der Waals surface area contributed by atoms with E-state index in [1.807, 2.05) is 32.9 Å². The van der Waals surface area contributed by atoms with Crippen LogP contribution in [0.5, 0.6) is 0 Å². The predicted octanol–water partition coefficient (Wildman–Crippen LogP) is 2.28. The second-order valence-electron chi connectivity index (χ2n) is 8.38. The fraction of sp³-hybridized carbons (Fsp3) is 0.636. The summed E-state index contributed by atoms with van der Waals surface area (Å²) in [5.74, 6) is 0.438. The maximum atomic E-state index is 13.4. The molecule has 174 valence electrons. The zero-order chi connectivity index (χ0) is 22.7. The molecule has 3 N–H and O–H groups in total. The van der Waals surface area contributed by atoms with Gasteiger partial charge in [0.2, 0.25) is 0 Å². The Morgan fingerprint density at radius 1 is 1.16 bits per heavy atom. The number of nitrogens with one attached hydrogen (secondary N) is 3. The van der Waals surface area contributed by atoms with Crippen molar-refractivity contribution < 1.29 is 18.7 Å². The number of aliphatic imine (C=N–C) groups is 1. The molecule has 0 aliphatic carbocycles. The van der Waals surface area contributed by atoms with Crippen molar-refractivity contribution in [2.75, 3.05) is 53.0 Å². The largest absolute Gasteiger partial charge is 0.444 e. The van der Waals surface area contributed by atoms with E-state index in [0.717, 1.165) is 25.1 Å². The van der Waals surface area contributed by atoms with Gasteiger partial charge in [0, 0.05) is 39.8 Å². The maximum absolute atomic E-state index is 13.4. The van der Waals surface area contributed by atoms with Gasteiger partial charge in [-0.3, -0.25) is 9.89 Å². The summed E-state index contributed by atoms with van der Waals surface area (Å²) < 4.78 is 24.1. The molecule has 8 nitrogen and oxygen atoms in total. The van der Waals surface area contributed by atoms with E-state index in [4.69, 9.17) is 9.47 Å². The lowest BCUT2D eigenvalue weighted by molar-refractivity contribution is 0.0170. The van der Waals surface area contributed by atoms with Gasteiger partial charge in [0.25, 0.3) is 0 Å². The molecule has 1 fully saturated rings. The Labute approximate surface area is 184 Å². The zero-order valence-electron chi connectivity index (χ0n) is 19.0. The average Bonchev–Trinajstić information content (AvgIpc) is 2.73. The lowest BCUT2D eigenvalue weighted by Crippen LogP contribution is -2.46. The molecule has 9 heteroatoms. The Balaban J connectivity index is 1.79. The molecule has 1 aromatic carbocycles. The van der Waals surface area contributed by atoms with Gasteiger partial charge in [0.05, 0.1) is 19.3 Å². The number of amides is 1. The Morgan fingerprint density at radius 2 is 1.81 bits per heavy atom. The summed E-state index contributed by atoms with van der Waals surface area (Å²) in [4.78, 5) is 18.3. The Kier molecular flexibility index (Phi) is 10.00. The minimum absolute atomic E-state index is 0.0804. The summed E-state index contributed by atoms with van der Waals surface area (Å²) in [5.41, 5.74) is 0.545. The molecule has 0 aromatic heterocycles. The maximum Gasteiger partial charge on any atom is 0.407 e. The molecular weight excluding hydrogens is 401 g/mol. The van der Waals surface area contributed by atoms with Gasteiger partial charge in [-0.05, 0) is 44.9 Å². The molecule has 0 bridgehead atoms. The number of guanidine groups is 1. The fourth-order valence-electron chi connectivity index (χ4n) is 3.25. The van der Waals surface area contributed by atoms with Crippen molar-refractivity contribution >= 4 is 12.1 Å². The number of carbonyl (C=O) groups is 1. The number of nitrogens with zero attached hydrogens (tertiary/aromatic N) is 2. The molecule has 1 aliphatic heterocycles. The summed E-state index contributed by atoms with van der Waals surface area (Å²) in [7, 11) is 1.72. The first-order valence-corrected chi connectivity index (χ1v) is 10.8. The number of halogens is 1. The van der Waals surface area contributed by atoms with E-state index in [1.165, 1.54) is 12.1 Å². The third-order valence-corrected chi connectivity index (χ3v) is 4.74. The van der Waals surface area contributed by atoms with Crippen LogP contribution in [0, 0.1) is 5.82 Å². The first-order valence-electron chi connectivity index (χ1n) is 10.8. The number of hydrogen-bond donors (Lipinski definition) is 3. The van der Waals surface area contributed by atoms with Crippen molar-refractivity contribution in [3.63, 3.8) is 0 Å². The van der Waals surface area contributed by atoms with Crippen molar-refractivity contribution in [1.82, 2.24) is 20.9 Å². The molecular formula is C22H36FN5O3. The van der Waals surface area contributed by atoms with Gasteiger partial charge in [-0.15, -0.1) is 0 Å². The van der Waals surface area contributed by atoms with E-state index in [9.17, 15) is 9.18 Å². The molecule has 1 saturated heterocycles. The van der Waals surface area contributed by atoms with Crippen molar-refractivity contribution in [2.24, 2.45) is 4.99 Å². The Morgan fingerprint density at radius 3 is 2.42 bits per heavy atom. The molecule has 1 atom stereocenters. The Hall–Kier alpha value is -2.39. The normalized spacial score (nSPS) is 16.5. The minimum Gasteiger partial charge on any atom is -0.444 e. The molecule has 2 rings (SSSR count). The van der Waals surface area contributed by atoms with Crippen molar-refractivity contribution in [1.29, 1.82) is 0 Å². The number of morpholine rings is 1. The summed E-state index contributed by atoms with van der Waals surface area (Å²) in [6, 6.07) is 6.73. The third kappa shape index (κ3) is 9.52. The molecule has 1 aliphatic rings. The lowest BCUT2D eigenvalue weighted by atomic mass is 10.0. The lowest BCUT2D eigenvalue weighted by Gasteiger charge is -2.35. The molecule has 0 saturated carbocycles. The second kappa shape index (κ2) is 12.5. The highest BCUT2D eigenvalue weighted by Gasteiger charge is 2.23. The highest BCUT2D eigenvalue weighted by molar-refractivity contribution is 5.79. The smallest absolute Gasteiger partial charge is 0.407 e. The number of rotatable bonds is 8. The van der Waals surface area contributed by atoms with Gasteiger partial charge < -0.3 is 25.4 Å². The molecule has 1 heterocycles. The summed E-state index contributed by atoms with van der Waals surface area (Å²) in [6.07, 6.45) is 0.313. The van der Waals surface area contributed by atoms with Crippen LogP contribution in [0.15, 0.2) is 29.3 Å². The molecule has 0 radical (unpaired) electrons. The highest BCUT2D eigenvalue weighted by Crippen LogP contribution is 2.21. The van der Waals surface area contributed by atoms with Crippen LogP contribution in [-0.2, 0) is 9.47 Å². The van der Waals surface area contributed by atoms with Crippen molar-refractivity contribution in [3.05, 3.63) is 35.6 Å². The van der Waals surface area contributed by atoms with E-state index in [-0.39, 0.29) is 11.9 Å². The molecule has 0 spiro atoms. The quantitative estimate of drug-likeness (QED) is 0.329. The van der Waals surface area contributed by atoms with Gasteiger partial charge in [-0.2, -0.15) is 0 Å². The van der Waals surface area contributed by atoms with Crippen LogP contribution in [-0.4, -0.2) is 75.5 Å². The number of benzene rings is 1. The van der Waals surface area contributed by atoms with Gasteiger partial charge in [-0.25, -0.2) is 9.18 Å². The molecule has 1 amide bonds. The van der Waals surface area contributed by atoms with E-state index >= 15 is 0 Å². The summed E-state index contributed by atoms with van der Waals surface area (Å²) >= 11 is 0. The highest BCUT2D eigenvalue weighted by atomic mass is 19.1. The topological polar surface area (TPSA) is 87.2 Å². The van der Waals surface area contributed by atoms with Crippen LogP contribution >= 0.6 is 0 Å². The van der Waals surface area contributed by atoms with Gasteiger partial charge >= 0.3 is 6.09 Å². The van der Waals surface area contributed by atoms with Crippen molar-refractivity contribution in [2.45, 2.75) is 38.8 Å². The standard InChI is InChI=1S/C22H36FN5O3/c1-22(2,3)31-21(29)26-11-5-10-25-20(24-4)27-16-19(28-12-14-30-15-13-28)17-6-8-18(23)9-7-17/h6-9,19H,5,10-16H2,1-4H3,(H,26,29)(H2,24,25,27). The zero-order valence-corrected chi connectivity index (χ0v) is 19.0. The van der Waals surface area contributed by atoms with Gasteiger partial charge in [-0.1, -0.05) is 12.1 Å². The average molecular weight is 438 g/mol. The van der Waals surface area contributed by atoms with E-state index in [1.54, 1.807) is 7.05 Å². The van der Waals surface area contributed by atoms with E-state index < -0.39 is 11.7 Å². The first kappa shape index (κ1) is 24.9. The monoisotopic (exact) mass is 437 g/mol. The summed E-state index contributed by atoms with van der Waals surface area (Å²) in [6.45, 7) is 10.3. The molecule has 31 heavy (non-hydrogen) atoms. The molecule has 1 aromatic rings. The SMILES string of the molecule is CN=C(NCCCNC(=O)OC(C)(C)C)NCC(c1ccc(F)cc1)N1CCOCC1. The second-order valence-corrected chi connectivity index (χ2v) is 8.38. The van der Waals surface area contributed by atoms with E-state index in [0.29, 0.717) is 38.8 Å². The predicted molar refractivity (Wildman–Crippen MR) is 120 cm³/mol. The van der Waals surface area contributed by atoms with Crippen LogP contribution in [0.3, 0.4) is 0 Å². The number of carbonyl (C=O) groups excluding carboxylic acids is 1. The third-order valence-electron chi connectivity index (χ3n) is 4.74. The van der Waals surface area contributed by atoms with Crippen LogP contribution in [0.25, 0.3) is 0 Å². The summed E-state index contributed by atoms with van der Waals surface area (Å²) in [5, 5.41) is 9.35. The van der Waals surface area contributed by atoms with Crippen LogP contribution < -0.4 is 16.0 Å². The first-order chi connectivity index (χ1) is 14.8. The fourth-order valence-corrected chi connectivity index (χ4v) is 3.25. The van der Waals surface area contributed by atoms with Gasteiger partial charge in [0.15, 0.2) is 5.96 Å². The molecule has 1 unspecified atom stereocenters. The minimum atomic E-state index is -0.504. The number of ether oxygens (including phenoxy) is 2. The number of alkyl carbamates (subject to hydrolysis) is 1. The van der Waals surface area contributed by atoms with E-state index in [2.05, 4.69) is 25.8 Å². The van der Waals surface area contributed by atoms with Crippen LogP contribution in [0.2, 0.25) is 0 Å². The number of hydrogen-bond acceptors (Lipinski definition) is 5. The van der Waals surface area contributed by atoms with Crippen LogP contribution in [0.4, 0.5) is 9.18 Å². The van der Waals surface area contributed by atoms with Crippen LogP contribution in [0.1, 0.15) is 38.8 Å².